The van der Waals surface area contributed by atoms with Crippen LogP contribution in [-0.4, -0.2) is 5.78 Å². The maximum atomic E-state index is 12.4. The Labute approximate surface area is 143 Å². The van der Waals surface area contributed by atoms with Crippen LogP contribution in [0.25, 0.3) is 0 Å². The van der Waals surface area contributed by atoms with E-state index in [0.717, 1.165) is 0 Å². The van der Waals surface area contributed by atoms with E-state index in [1.54, 1.807) is 0 Å². The summed E-state index contributed by atoms with van der Waals surface area (Å²) in [6.45, 7) is 8.56. The van der Waals surface area contributed by atoms with E-state index in [-0.39, 0.29) is 10.5 Å². The highest BCUT2D eigenvalue weighted by atomic mass is 32.2. The van der Waals surface area contributed by atoms with Crippen LogP contribution in [0.15, 0.2) is 36.4 Å². The van der Waals surface area contributed by atoms with Gasteiger partial charge in [-0.05, 0) is 49.9 Å². The van der Waals surface area contributed by atoms with Gasteiger partial charge in [0.15, 0.2) is 0 Å². The molecular weight excluding hydrogens is 300 g/mol. The van der Waals surface area contributed by atoms with E-state index in [0.29, 0.717) is 18.6 Å². The molecule has 3 rings (SSSR count). The predicted molar refractivity (Wildman–Crippen MR) is 99.1 cm³/mol. The molecular formula is C21H24OS. The van der Waals surface area contributed by atoms with Gasteiger partial charge in [-0.15, -0.1) is 11.8 Å². The fourth-order valence-electron chi connectivity index (χ4n) is 3.53. The fourth-order valence-corrected chi connectivity index (χ4v) is 5.31. The van der Waals surface area contributed by atoms with Crippen molar-refractivity contribution >= 4 is 17.5 Å². The molecule has 2 aromatic carbocycles. The highest BCUT2D eigenvalue weighted by Crippen LogP contribution is 2.50. The number of benzene rings is 2. The summed E-state index contributed by atoms with van der Waals surface area (Å²) in [4.78, 5) is 12.4. The molecule has 1 aliphatic heterocycles. The number of aryl methyl sites for hydroxylation is 4. The average Bonchev–Trinajstić information content (AvgIpc) is 2.46. The van der Waals surface area contributed by atoms with E-state index < -0.39 is 0 Å². The zero-order chi connectivity index (χ0) is 16.6. The van der Waals surface area contributed by atoms with Gasteiger partial charge in [0.2, 0.25) is 0 Å². The van der Waals surface area contributed by atoms with Gasteiger partial charge in [0.1, 0.15) is 5.78 Å². The molecule has 0 spiro atoms. The van der Waals surface area contributed by atoms with Crippen molar-refractivity contribution in [2.24, 2.45) is 0 Å². The minimum absolute atomic E-state index is 0.280. The molecule has 0 aliphatic carbocycles. The minimum atomic E-state index is 0.280. The summed E-state index contributed by atoms with van der Waals surface area (Å²) in [5.41, 5.74) is 7.81. The Balaban J connectivity index is 1.91. The molecule has 2 heteroatoms. The van der Waals surface area contributed by atoms with E-state index in [1.165, 1.54) is 33.4 Å². The third-order valence-corrected chi connectivity index (χ3v) is 6.20. The summed E-state index contributed by atoms with van der Waals surface area (Å²) in [6, 6.07) is 13.2. The zero-order valence-corrected chi connectivity index (χ0v) is 15.2. The number of carbonyl (C=O) groups excluding carboxylic acids is 1. The lowest BCUT2D eigenvalue weighted by Crippen LogP contribution is -2.17. The zero-order valence-electron chi connectivity index (χ0n) is 14.3. The van der Waals surface area contributed by atoms with Crippen molar-refractivity contribution in [2.45, 2.75) is 51.0 Å². The predicted octanol–water partition coefficient (Wildman–Crippen LogP) is 5.80. The molecule has 23 heavy (non-hydrogen) atoms. The van der Waals surface area contributed by atoms with E-state index in [1.807, 2.05) is 11.8 Å². The Kier molecular flexibility index (Phi) is 4.63. The number of hydrogen-bond donors (Lipinski definition) is 0. The Hall–Kier alpha value is -1.54. The standard InChI is InChI=1S/C21H24OS/c1-13-5-7-18(15(3)9-13)20-11-17(22)12-21(23-20)19-8-6-14(2)10-16(19)4/h5-10,20-21H,11-12H2,1-4H3. The molecule has 2 unspecified atom stereocenters. The van der Waals surface area contributed by atoms with Gasteiger partial charge in [-0.3, -0.25) is 4.79 Å². The second-order valence-electron chi connectivity index (χ2n) is 6.78. The monoisotopic (exact) mass is 324 g/mol. The highest BCUT2D eigenvalue weighted by Gasteiger charge is 2.31. The molecule has 2 aromatic rings. The van der Waals surface area contributed by atoms with Crippen LogP contribution in [0.2, 0.25) is 0 Å². The van der Waals surface area contributed by atoms with Crippen LogP contribution in [0, 0.1) is 27.7 Å². The van der Waals surface area contributed by atoms with E-state index in [4.69, 9.17) is 0 Å². The first-order chi connectivity index (χ1) is 10.9. The lowest BCUT2D eigenvalue weighted by Gasteiger charge is -2.30. The summed E-state index contributed by atoms with van der Waals surface area (Å²) in [6.07, 6.45) is 1.33. The molecule has 0 N–H and O–H groups in total. The second kappa shape index (κ2) is 6.52. The number of rotatable bonds is 2. The van der Waals surface area contributed by atoms with Crippen molar-refractivity contribution in [3.8, 4) is 0 Å². The molecule has 1 nitrogen and oxygen atoms in total. The molecule has 2 atom stereocenters. The van der Waals surface area contributed by atoms with E-state index in [9.17, 15) is 4.79 Å². The van der Waals surface area contributed by atoms with Crippen LogP contribution in [0.3, 0.4) is 0 Å². The molecule has 1 saturated heterocycles. The Bertz CT molecular complexity index is 686. The van der Waals surface area contributed by atoms with Crippen molar-refractivity contribution < 1.29 is 4.79 Å². The van der Waals surface area contributed by atoms with Crippen LogP contribution in [0.5, 0.6) is 0 Å². The van der Waals surface area contributed by atoms with Gasteiger partial charge in [0.25, 0.3) is 0 Å². The number of hydrogen-bond acceptors (Lipinski definition) is 2. The van der Waals surface area contributed by atoms with Gasteiger partial charge < -0.3 is 0 Å². The average molecular weight is 324 g/mol. The molecule has 0 amide bonds. The maximum Gasteiger partial charge on any atom is 0.135 e. The summed E-state index contributed by atoms with van der Waals surface area (Å²) in [7, 11) is 0. The summed E-state index contributed by atoms with van der Waals surface area (Å²) >= 11 is 1.96. The maximum absolute atomic E-state index is 12.4. The molecule has 120 valence electrons. The molecule has 1 heterocycles. The van der Waals surface area contributed by atoms with Crippen LogP contribution in [-0.2, 0) is 4.79 Å². The van der Waals surface area contributed by atoms with Crippen molar-refractivity contribution in [2.75, 3.05) is 0 Å². The molecule has 1 aliphatic rings. The lowest BCUT2D eigenvalue weighted by molar-refractivity contribution is -0.119. The summed E-state index contributed by atoms with van der Waals surface area (Å²) < 4.78 is 0. The van der Waals surface area contributed by atoms with Gasteiger partial charge in [0, 0.05) is 23.3 Å². The Morgan fingerprint density at radius 1 is 0.783 bits per heavy atom. The number of Topliss-reactive ketones (excluding diaryl/α,β-unsaturated/α-hetero) is 1. The van der Waals surface area contributed by atoms with Crippen molar-refractivity contribution in [1.82, 2.24) is 0 Å². The molecule has 0 saturated carbocycles. The highest BCUT2D eigenvalue weighted by molar-refractivity contribution is 7.99. The van der Waals surface area contributed by atoms with Gasteiger partial charge in [-0.2, -0.15) is 0 Å². The molecule has 0 radical (unpaired) electrons. The van der Waals surface area contributed by atoms with E-state index >= 15 is 0 Å². The van der Waals surface area contributed by atoms with E-state index in [2.05, 4.69) is 64.1 Å². The van der Waals surface area contributed by atoms with Crippen LogP contribution < -0.4 is 0 Å². The van der Waals surface area contributed by atoms with Gasteiger partial charge in [0.05, 0.1) is 0 Å². The Morgan fingerprint density at radius 3 is 1.61 bits per heavy atom. The number of thioether (sulfide) groups is 1. The Morgan fingerprint density at radius 2 is 1.22 bits per heavy atom. The first-order valence-corrected chi connectivity index (χ1v) is 9.20. The quantitative estimate of drug-likeness (QED) is 0.694. The van der Waals surface area contributed by atoms with Gasteiger partial charge in [-0.1, -0.05) is 47.5 Å². The van der Waals surface area contributed by atoms with Crippen LogP contribution >= 0.6 is 11.8 Å². The van der Waals surface area contributed by atoms with Crippen molar-refractivity contribution in [1.29, 1.82) is 0 Å². The summed E-state index contributed by atoms with van der Waals surface area (Å²) in [5, 5.41) is 0.560. The fraction of sp³-hybridized carbons (Fsp3) is 0.381. The normalized spacial score (nSPS) is 21.5. The lowest BCUT2D eigenvalue weighted by atomic mass is 9.95. The first-order valence-electron chi connectivity index (χ1n) is 8.25. The third kappa shape index (κ3) is 3.53. The molecule has 0 bridgehead atoms. The third-order valence-electron chi connectivity index (χ3n) is 4.70. The smallest absolute Gasteiger partial charge is 0.135 e. The molecule has 0 aromatic heterocycles. The minimum Gasteiger partial charge on any atom is -0.300 e. The van der Waals surface area contributed by atoms with Crippen molar-refractivity contribution in [3.05, 3.63) is 69.8 Å². The largest absolute Gasteiger partial charge is 0.300 e. The SMILES string of the molecule is Cc1ccc(C2CC(=O)CC(c3ccc(C)cc3C)S2)c(C)c1. The van der Waals surface area contributed by atoms with Gasteiger partial charge in [-0.25, -0.2) is 0 Å². The first kappa shape index (κ1) is 16.3. The van der Waals surface area contributed by atoms with Crippen LogP contribution in [0.4, 0.5) is 0 Å². The second-order valence-corrected chi connectivity index (χ2v) is 8.19. The molecule has 1 fully saturated rings. The van der Waals surface area contributed by atoms with Crippen molar-refractivity contribution in [3.63, 3.8) is 0 Å². The number of carbonyl (C=O) groups is 1. The summed E-state index contributed by atoms with van der Waals surface area (Å²) in [5.74, 6) is 0.388. The van der Waals surface area contributed by atoms with Crippen LogP contribution in [0.1, 0.15) is 56.7 Å². The topological polar surface area (TPSA) is 17.1 Å². The number of ketones is 1. The van der Waals surface area contributed by atoms with Gasteiger partial charge >= 0.3 is 0 Å².